The fourth-order valence-electron chi connectivity index (χ4n) is 2.30. The molecule has 1 heteroatoms. The molecule has 0 aliphatic heterocycles. The van der Waals surface area contributed by atoms with Gasteiger partial charge >= 0.3 is 0 Å². The fourth-order valence-corrected chi connectivity index (χ4v) is 2.30. The van der Waals surface area contributed by atoms with Crippen LogP contribution in [0.5, 0.6) is 0 Å². The minimum absolute atomic E-state index is 0.688. The van der Waals surface area contributed by atoms with Crippen LogP contribution in [0, 0.1) is 11.3 Å². The third-order valence-electron chi connectivity index (χ3n) is 3.50. The molecule has 23 heavy (non-hydrogen) atoms. The summed E-state index contributed by atoms with van der Waals surface area (Å²) in [4.78, 5) is 0. The number of hydrogen-bond donors (Lipinski definition) is 0. The molecule has 1 aliphatic rings. The van der Waals surface area contributed by atoms with Crippen LogP contribution in [-0.4, -0.2) is 0 Å². The van der Waals surface area contributed by atoms with Gasteiger partial charge < -0.3 is 0 Å². The van der Waals surface area contributed by atoms with Gasteiger partial charge in [-0.3, -0.25) is 0 Å². The molecule has 0 saturated carbocycles. The molecule has 0 amide bonds. The monoisotopic (exact) mass is 297 g/mol. The zero-order valence-electron chi connectivity index (χ0n) is 13.1. The molecule has 0 atom stereocenters. The van der Waals surface area contributed by atoms with Gasteiger partial charge in [0.05, 0.1) is 6.07 Å². The molecule has 0 N–H and O–H groups in total. The van der Waals surface area contributed by atoms with E-state index in [4.69, 9.17) is 5.26 Å². The molecular weight excluding hydrogens is 278 g/mol. The summed E-state index contributed by atoms with van der Waals surface area (Å²) in [7, 11) is 0. The first-order valence-corrected chi connectivity index (χ1v) is 7.48. The molecule has 0 spiro atoms. The first-order valence-electron chi connectivity index (χ1n) is 7.48. The van der Waals surface area contributed by atoms with Crippen LogP contribution in [0.15, 0.2) is 97.7 Å². The van der Waals surface area contributed by atoms with Gasteiger partial charge in [-0.05, 0) is 28.3 Å². The van der Waals surface area contributed by atoms with Gasteiger partial charge in [-0.25, -0.2) is 0 Å². The second-order valence-electron chi connectivity index (χ2n) is 5.06. The number of benzene rings is 1. The molecule has 2 rings (SSSR count). The Hall–Kier alpha value is -3.11. The van der Waals surface area contributed by atoms with E-state index >= 15 is 0 Å². The van der Waals surface area contributed by atoms with Crippen LogP contribution in [0.25, 0.3) is 11.1 Å². The van der Waals surface area contributed by atoms with Gasteiger partial charge in [0.1, 0.15) is 0 Å². The van der Waals surface area contributed by atoms with E-state index in [1.165, 1.54) is 0 Å². The Morgan fingerprint density at radius 2 is 1.87 bits per heavy atom. The summed E-state index contributed by atoms with van der Waals surface area (Å²) in [5.74, 6) is 0. The maximum atomic E-state index is 8.98. The van der Waals surface area contributed by atoms with Crippen molar-refractivity contribution in [1.29, 1.82) is 5.26 Å². The highest BCUT2D eigenvalue weighted by Gasteiger charge is 2.03. The largest absolute Gasteiger partial charge is 0.193 e. The smallest absolute Gasteiger partial charge is 0.0950 e. The molecule has 0 radical (unpaired) electrons. The Balaban J connectivity index is 2.31. The molecule has 1 aromatic rings. The van der Waals surface area contributed by atoms with E-state index < -0.39 is 0 Å². The third kappa shape index (κ3) is 4.43. The lowest BCUT2D eigenvalue weighted by Crippen LogP contribution is -1.84. The second-order valence-corrected chi connectivity index (χ2v) is 5.06. The second kappa shape index (κ2) is 8.36. The molecule has 1 aromatic carbocycles. The molecule has 112 valence electrons. The lowest BCUT2D eigenvalue weighted by molar-refractivity contribution is 1.29. The summed E-state index contributed by atoms with van der Waals surface area (Å²) in [6, 6.07) is 10.6. The van der Waals surface area contributed by atoms with Gasteiger partial charge in [-0.2, -0.15) is 5.26 Å². The number of rotatable bonds is 5. The number of nitrogens with zero attached hydrogens (tertiary/aromatic N) is 1. The van der Waals surface area contributed by atoms with Gasteiger partial charge in [-0.15, -0.1) is 0 Å². The standard InChI is InChI=1S/C22H19N/c1-3-5-9-19(7-4-2)21-13-15-22(16-14-21)20-10-6-8-18(17-23)11-12-20/h3-7,9-16H,1-2,8H2/b9-5-,19-7+. The molecular formula is C22H19N. The minimum Gasteiger partial charge on any atom is -0.193 e. The zero-order chi connectivity index (χ0) is 16.5. The number of hydrogen-bond acceptors (Lipinski definition) is 1. The van der Waals surface area contributed by atoms with Gasteiger partial charge in [0.2, 0.25) is 0 Å². The fraction of sp³-hybridized carbons (Fsp3) is 0.0455. The molecule has 0 unspecified atom stereocenters. The van der Waals surface area contributed by atoms with Crippen molar-refractivity contribution in [2.45, 2.75) is 6.42 Å². The topological polar surface area (TPSA) is 23.8 Å². The van der Waals surface area contributed by atoms with E-state index in [1.54, 1.807) is 12.2 Å². The minimum atomic E-state index is 0.688. The maximum absolute atomic E-state index is 8.98. The average molecular weight is 297 g/mol. The summed E-state index contributed by atoms with van der Waals surface area (Å²) in [5.41, 5.74) is 5.23. The van der Waals surface area contributed by atoms with Gasteiger partial charge in [0.25, 0.3) is 0 Å². The van der Waals surface area contributed by atoms with Crippen LogP contribution in [-0.2, 0) is 0 Å². The van der Waals surface area contributed by atoms with Crippen molar-refractivity contribution in [3.05, 3.63) is 109 Å². The molecule has 0 aromatic heterocycles. The summed E-state index contributed by atoms with van der Waals surface area (Å²) in [6.45, 7) is 7.46. The quantitative estimate of drug-likeness (QED) is 0.631. The predicted octanol–water partition coefficient (Wildman–Crippen LogP) is 5.79. The van der Waals surface area contributed by atoms with Crippen LogP contribution < -0.4 is 0 Å². The van der Waals surface area contributed by atoms with Crippen LogP contribution in [0.2, 0.25) is 0 Å². The first-order chi connectivity index (χ1) is 11.3. The summed E-state index contributed by atoms with van der Waals surface area (Å²) in [6.07, 6.45) is 18.1. The summed E-state index contributed by atoms with van der Waals surface area (Å²) < 4.78 is 0. The van der Waals surface area contributed by atoms with Crippen LogP contribution in [0.4, 0.5) is 0 Å². The Morgan fingerprint density at radius 1 is 1.09 bits per heavy atom. The van der Waals surface area contributed by atoms with E-state index in [0.717, 1.165) is 27.8 Å². The SMILES string of the molecule is C=C/C=C\C(=C/C=C)c1ccc(C2=CC=C(C#N)CC=C2)cc1. The molecule has 1 nitrogen and oxygen atoms in total. The lowest BCUT2D eigenvalue weighted by atomic mass is 9.99. The highest BCUT2D eigenvalue weighted by atomic mass is 14.2. The van der Waals surface area contributed by atoms with E-state index in [-0.39, 0.29) is 0 Å². The van der Waals surface area contributed by atoms with Crippen LogP contribution in [0.3, 0.4) is 0 Å². The Bertz CT molecular complexity index is 772. The summed E-state index contributed by atoms with van der Waals surface area (Å²) in [5, 5.41) is 8.98. The highest BCUT2D eigenvalue weighted by molar-refractivity contribution is 5.80. The van der Waals surface area contributed by atoms with Crippen molar-refractivity contribution in [3.8, 4) is 6.07 Å². The predicted molar refractivity (Wildman–Crippen MR) is 99.4 cm³/mol. The zero-order valence-corrected chi connectivity index (χ0v) is 13.1. The Kier molecular flexibility index (Phi) is 5.91. The highest BCUT2D eigenvalue weighted by Crippen LogP contribution is 2.23. The van der Waals surface area contributed by atoms with E-state index in [1.807, 2.05) is 36.5 Å². The molecule has 0 fully saturated rings. The third-order valence-corrected chi connectivity index (χ3v) is 3.50. The van der Waals surface area contributed by atoms with Gasteiger partial charge in [-0.1, -0.05) is 86.0 Å². The van der Waals surface area contributed by atoms with Crippen LogP contribution in [0.1, 0.15) is 17.5 Å². The summed E-state index contributed by atoms with van der Waals surface area (Å²) >= 11 is 0. The van der Waals surface area contributed by atoms with Crippen molar-refractivity contribution in [3.63, 3.8) is 0 Å². The normalized spacial score (nSPS) is 14.7. The van der Waals surface area contributed by atoms with Crippen molar-refractivity contribution in [2.24, 2.45) is 0 Å². The van der Waals surface area contributed by atoms with Crippen molar-refractivity contribution in [1.82, 2.24) is 0 Å². The Morgan fingerprint density at radius 3 is 2.52 bits per heavy atom. The molecule has 0 bridgehead atoms. The maximum Gasteiger partial charge on any atom is 0.0950 e. The average Bonchev–Trinajstić information content (AvgIpc) is 2.84. The van der Waals surface area contributed by atoms with E-state index in [9.17, 15) is 0 Å². The van der Waals surface area contributed by atoms with Gasteiger partial charge in [0, 0.05) is 12.0 Å². The van der Waals surface area contributed by atoms with Crippen molar-refractivity contribution in [2.75, 3.05) is 0 Å². The number of nitriles is 1. The van der Waals surface area contributed by atoms with Crippen molar-refractivity contribution >= 4 is 11.1 Å². The Labute approximate surface area is 138 Å². The molecule has 1 aliphatic carbocycles. The first kappa shape index (κ1) is 16.3. The van der Waals surface area contributed by atoms with Gasteiger partial charge in [0.15, 0.2) is 0 Å². The van der Waals surface area contributed by atoms with Crippen LogP contribution >= 0.6 is 0 Å². The molecule has 0 saturated heterocycles. The van der Waals surface area contributed by atoms with E-state index in [2.05, 4.69) is 49.6 Å². The lowest BCUT2D eigenvalue weighted by Gasteiger charge is -2.06. The van der Waals surface area contributed by atoms with E-state index in [0.29, 0.717) is 6.42 Å². The number of allylic oxidation sites excluding steroid dienone is 12. The molecule has 0 heterocycles. The van der Waals surface area contributed by atoms with Crippen molar-refractivity contribution < 1.29 is 0 Å².